The monoisotopic (exact) mass is 718 g/mol. The molecule has 0 radical (unpaired) electrons. The number of aryl methyl sites for hydroxylation is 2. The minimum absolute atomic E-state index is 0.534. The van der Waals surface area contributed by atoms with E-state index in [0.717, 1.165) is 0 Å². The van der Waals surface area contributed by atoms with Crippen LogP contribution in [-0.4, -0.2) is 14.5 Å². The molecule has 0 aliphatic rings. The van der Waals surface area contributed by atoms with Gasteiger partial charge in [0, 0.05) is 0 Å². The van der Waals surface area contributed by atoms with E-state index in [4.69, 9.17) is 0 Å². The molecule has 0 aliphatic heterocycles. The molecule has 3 rings (SSSR count). The van der Waals surface area contributed by atoms with Crippen LogP contribution in [0.2, 0.25) is 0 Å². The second-order valence-corrected chi connectivity index (χ2v) is 17.9. The Morgan fingerprint density at radius 3 is 1.33 bits per heavy atom. The van der Waals surface area contributed by atoms with Crippen molar-refractivity contribution in [3.05, 3.63) is 33.6 Å². The molecule has 3 heteroatoms. The van der Waals surface area contributed by atoms with Crippen LogP contribution in [0.5, 0.6) is 0 Å². The van der Waals surface area contributed by atoms with E-state index in [0.29, 0.717) is 14.5 Å². The average Bonchev–Trinajstić information content (AvgIpc) is 3.80. The summed E-state index contributed by atoms with van der Waals surface area (Å²) in [6.45, 7) is 4.62. The number of hydrogen-bond acceptors (Lipinski definition) is 2. The molecule has 0 fully saturated rings. The zero-order chi connectivity index (χ0) is 31.6. The maximum atomic E-state index is 2.52. The SMILES string of the molecule is CCCCCCCCCCCCCCCCc1csc2c(CCCCCCCCCCCCCCCC)c(-c3ccc[se]3)sc12. The van der Waals surface area contributed by atoms with Crippen molar-refractivity contribution in [2.24, 2.45) is 0 Å². The van der Waals surface area contributed by atoms with E-state index in [1.165, 1.54) is 193 Å². The Labute approximate surface area is 294 Å². The third-order valence-corrected chi connectivity index (χ3v) is 14.6. The van der Waals surface area contributed by atoms with Gasteiger partial charge in [0.25, 0.3) is 0 Å². The number of rotatable bonds is 31. The summed E-state index contributed by atoms with van der Waals surface area (Å²) >= 11 is 4.74. The molecular formula is C42H70S2Se. The molecule has 0 atom stereocenters. The predicted molar refractivity (Wildman–Crippen MR) is 210 cm³/mol. The summed E-state index contributed by atoms with van der Waals surface area (Å²) in [7, 11) is 0. The summed E-state index contributed by atoms with van der Waals surface area (Å²) in [5.74, 6) is 0. The van der Waals surface area contributed by atoms with Gasteiger partial charge in [-0.3, -0.25) is 0 Å². The summed E-state index contributed by atoms with van der Waals surface area (Å²) < 4.78 is 4.93. The van der Waals surface area contributed by atoms with Crippen LogP contribution in [0.15, 0.2) is 22.5 Å². The van der Waals surface area contributed by atoms with Gasteiger partial charge in [0.2, 0.25) is 0 Å². The molecule has 0 saturated heterocycles. The molecule has 0 amide bonds. The van der Waals surface area contributed by atoms with Crippen molar-refractivity contribution in [2.45, 2.75) is 206 Å². The molecule has 0 nitrogen and oxygen atoms in total. The minimum atomic E-state index is 0.534. The van der Waals surface area contributed by atoms with E-state index in [-0.39, 0.29) is 0 Å². The van der Waals surface area contributed by atoms with Crippen LogP contribution in [0.1, 0.15) is 205 Å². The van der Waals surface area contributed by atoms with Gasteiger partial charge < -0.3 is 0 Å². The Morgan fingerprint density at radius 1 is 0.489 bits per heavy atom. The van der Waals surface area contributed by atoms with Gasteiger partial charge >= 0.3 is 192 Å². The van der Waals surface area contributed by atoms with Gasteiger partial charge in [-0.25, -0.2) is 0 Å². The van der Waals surface area contributed by atoms with Crippen molar-refractivity contribution in [3.8, 4) is 9.31 Å². The molecule has 256 valence electrons. The predicted octanol–water partition coefficient (Wildman–Crippen LogP) is 15.7. The van der Waals surface area contributed by atoms with Gasteiger partial charge in [0.1, 0.15) is 0 Å². The standard InChI is InChI=1S/C42H70S2Se/c1-3-5-7-9-11-13-15-17-19-21-23-25-27-29-32-37-36-43-42-38(41(44-40(37)42)39-34-31-35-45-39)33-30-28-26-24-22-20-18-16-14-12-10-8-6-4-2/h31,34-36H,3-30,32-33H2,1-2H3. The van der Waals surface area contributed by atoms with Crippen molar-refractivity contribution in [1.82, 2.24) is 0 Å². The number of unbranched alkanes of at least 4 members (excludes halogenated alkanes) is 26. The topological polar surface area (TPSA) is 0 Å². The van der Waals surface area contributed by atoms with Gasteiger partial charge in [-0.05, 0) is 0 Å². The Hall–Kier alpha value is -0.341. The molecule has 0 spiro atoms. The van der Waals surface area contributed by atoms with Gasteiger partial charge in [-0.2, -0.15) is 0 Å². The third-order valence-electron chi connectivity index (χ3n) is 9.89. The van der Waals surface area contributed by atoms with Crippen LogP contribution in [0.25, 0.3) is 18.7 Å². The van der Waals surface area contributed by atoms with Gasteiger partial charge in [-0.1, -0.05) is 104 Å². The van der Waals surface area contributed by atoms with Crippen molar-refractivity contribution in [3.63, 3.8) is 0 Å². The fourth-order valence-corrected chi connectivity index (χ4v) is 11.6. The summed E-state index contributed by atoms with van der Waals surface area (Å²) in [6.07, 6.45) is 43.0. The third kappa shape index (κ3) is 16.6. The first-order valence-electron chi connectivity index (χ1n) is 19.9. The van der Waals surface area contributed by atoms with E-state index in [1.807, 2.05) is 0 Å². The fourth-order valence-electron chi connectivity index (χ4n) is 6.98. The average molecular weight is 718 g/mol. The molecule has 3 aromatic rings. The summed E-state index contributed by atoms with van der Waals surface area (Å²) in [5.41, 5.74) is 3.37. The normalized spacial score (nSPS) is 11.8. The molecule has 0 saturated carbocycles. The number of fused-ring (bicyclic) bond motifs is 1. The van der Waals surface area contributed by atoms with Crippen molar-refractivity contribution in [1.29, 1.82) is 0 Å². The first kappa shape index (κ1) is 39.1. The van der Waals surface area contributed by atoms with Crippen LogP contribution in [0.4, 0.5) is 0 Å². The van der Waals surface area contributed by atoms with Gasteiger partial charge in [0.05, 0.1) is 0 Å². The molecule has 0 unspecified atom stereocenters. The molecule has 45 heavy (non-hydrogen) atoms. The fraction of sp³-hybridized carbons (Fsp3) is 0.762. The van der Waals surface area contributed by atoms with E-state index in [1.54, 1.807) is 29.8 Å². The first-order valence-corrected chi connectivity index (χ1v) is 23.4. The Morgan fingerprint density at radius 2 is 0.911 bits per heavy atom. The second kappa shape index (κ2) is 26.6. The molecule has 0 bridgehead atoms. The van der Waals surface area contributed by atoms with E-state index in [9.17, 15) is 0 Å². The quantitative estimate of drug-likeness (QED) is 0.0459. The first-order chi connectivity index (χ1) is 22.3. The summed E-state index contributed by atoms with van der Waals surface area (Å²) in [6, 6.07) is 4.71. The number of hydrogen-bond donors (Lipinski definition) is 0. The molecule has 0 aromatic carbocycles. The van der Waals surface area contributed by atoms with Crippen LogP contribution in [-0.2, 0) is 12.8 Å². The molecule has 0 N–H and O–H groups in total. The van der Waals surface area contributed by atoms with Crippen LogP contribution in [0.3, 0.4) is 0 Å². The summed E-state index contributed by atoms with van der Waals surface area (Å²) in [5, 5.41) is 2.52. The number of thiophene rings is 2. The van der Waals surface area contributed by atoms with E-state index >= 15 is 0 Å². The van der Waals surface area contributed by atoms with Crippen molar-refractivity contribution < 1.29 is 0 Å². The van der Waals surface area contributed by atoms with Gasteiger partial charge in [0.15, 0.2) is 0 Å². The zero-order valence-electron chi connectivity index (χ0n) is 29.7. The van der Waals surface area contributed by atoms with E-state index < -0.39 is 0 Å². The Balaban J connectivity index is 1.28. The zero-order valence-corrected chi connectivity index (χ0v) is 33.1. The summed E-state index contributed by atoms with van der Waals surface area (Å²) in [4.78, 5) is 4.06. The van der Waals surface area contributed by atoms with E-state index in [2.05, 4.69) is 59.0 Å². The van der Waals surface area contributed by atoms with Crippen LogP contribution >= 0.6 is 22.7 Å². The van der Waals surface area contributed by atoms with Crippen LogP contribution < -0.4 is 0 Å². The maximum absolute atomic E-state index is 2.52. The molecule has 3 aromatic heterocycles. The Bertz CT molecular complexity index is 1060. The molecular weight excluding hydrogens is 648 g/mol. The molecule has 3 heterocycles. The second-order valence-electron chi connectivity index (χ2n) is 14.0. The molecule has 0 aliphatic carbocycles. The van der Waals surface area contributed by atoms with Gasteiger partial charge in [-0.15, -0.1) is 0 Å². The van der Waals surface area contributed by atoms with Crippen molar-refractivity contribution in [2.75, 3.05) is 0 Å². The van der Waals surface area contributed by atoms with Crippen LogP contribution in [0, 0.1) is 0 Å². The van der Waals surface area contributed by atoms with Crippen molar-refractivity contribution >= 4 is 46.6 Å². The Kier molecular flexibility index (Phi) is 23.1.